The highest BCUT2D eigenvalue weighted by Gasteiger charge is 2.16. The fourth-order valence-electron chi connectivity index (χ4n) is 1.62. The Hall–Kier alpha value is -2.15. The van der Waals surface area contributed by atoms with Crippen molar-refractivity contribution in [3.8, 4) is 11.5 Å². The summed E-state index contributed by atoms with van der Waals surface area (Å²) in [6, 6.07) is 6.41. The van der Waals surface area contributed by atoms with Crippen molar-refractivity contribution in [2.24, 2.45) is 0 Å². The minimum Gasteiger partial charge on any atom is -0.454 e. The van der Waals surface area contributed by atoms with Crippen LogP contribution in [0, 0.1) is 10.1 Å². The number of anilines is 1. The van der Waals surface area contributed by atoms with Gasteiger partial charge in [-0.2, -0.15) is 0 Å². The molecule has 0 aliphatic rings. The lowest BCUT2D eigenvalue weighted by Crippen LogP contribution is -1.97. The second-order valence-electron chi connectivity index (χ2n) is 3.89. The minimum absolute atomic E-state index is 0.0432. The van der Waals surface area contributed by atoms with Gasteiger partial charge < -0.3 is 10.1 Å². The SMILES string of the molecule is CCNc1cncc(Oc2cccc([N+](=O)[O-])c2Br)c1. The molecule has 0 aliphatic carbocycles. The highest BCUT2D eigenvalue weighted by atomic mass is 79.9. The number of hydrogen-bond acceptors (Lipinski definition) is 5. The molecule has 2 rings (SSSR count). The summed E-state index contributed by atoms with van der Waals surface area (Å²) in [5, 5.41) is 14.0. The third-order valence-corrected chi connectivity index (χ3v) is 3.26. The molecule has 0 saturated carbocycles. The van der Waals surface area contributed by atoms with Crippen molar-refractivity contribution in [2.75, 3.05) is 11.9 Å². The third-order valence-electron chi connectivity index (χ3n) is 2.46. The van der Waals surface area contributed by atoms with Crippen LogP contribution in [-0.2, 0) is 0 Å². The van der Waals surface area contributed by atoms with Gasteiger partial charge in [0.25, 0.3) is 5.69 Å². The number of pyridine rings is 1. The Morgan fingerprint density at radius 3 is 2.95 bits per heavy atom. The largest absolute Gasteiger partial charge is 0.454 e. The molecule has 2 aromatic rings. The number of aromatic nitrogens is 1. The van der Waals surface area contributed by atoms with E-state index in [-0.39, 0.29) is 5.69 Å². The van der Waals surface area contributed by atoms with Crippen molar-refractivity contribution >= 4 is 27.3 Å². The molecule has 1 heterocycles. The van der Waals surface area contributed by atoms with Gasteiger partial charge in [-0.3, -0.25) is 15.1 Å². The summed E-state index contributed by atoms with van der Waals surface area (Å²) >= 11 is 3.19. The highest BCUT2D eigenvalue weighted by Crippen LogP contribution is 2.36. The van der Waals surface area contributed by atoms with Crippen molar-refractivity contribution in [3.63, 3.8) is 0 Å². The number of nitrogens with zero attached hydrogens (tertiary/aromatic N) is 2. The highest BCUT2D eigenvalue weighted by molar-refractivity contribution is 9.10. The van der Waals surface area contributed by atoms with Crippen LogP contribution < -0.4 is 10.1 Å². The van der Waals surface area contributed by atoms with Crippen molar-refractivity contribution in [1.82, 2.24) is 4.98 Å². The summed E-state index contributed by atoms with van der Waals surface area (Å²) in [4.78, 5) is 14.4. The first-order valence-corrected chi connectivity index (χ1v) is 6.70. The van der Waals surface area contributed by atoms with Crippen LogP contribution in [0.3, 0.4) is 0 Å². The number of halogens is 1. The Labute approximate surface area is 124 Å². The van der Waals surface area contributed by atoms with Gasteiger partial charge >= 0.3 is 0 Å². The first-order valence-electron chi connectivity index (χ1n) is 5.91. The van der Waals surface area contributed by atoms with Crippen LogP contribution in [0.25, 0.3) is 0 Å². The van der Waals surface area contributed by atoms with E-state index in [1.165, 1.54) is 6.07 Å². The number of hydrogen-bond donors (Lipinski definition) is 1. The smallest absolute Gasteiger partial charge is 0.287 e. The molecule has 1 aromatic heterocycles. The Bertz CT molecular complexity index is 634. The first-order chi connectivity index (χ1) is 9.61. The monoisotopic (exact) mass is 337 g/mol. The molecule has 104 valence electrons. The van der Waals surface area contributed by atoms with Crippen LogP contribution in [0.2, 0.25) is 0 Å². The van der Waals surface area contributed by atoms with Crippen molar-refractivity contribution in [3.05, 3.63) is 51.2 Å². The van der Waals surface area contributed by atoms with E-state index in [0.717, 1.165) is 12.2 Å². The van der Waals surface area contributed by atoms with Crippen molar-refractivity contribution in [1.29, 1.82) is 0 Å². The third kappa shape index (κ3) is 3.24. The van der Waals surface area contributed by atoms with E-state index in [0.29, 0.717) is 16.0 Å². The first kappa shape index (κ1) is 14.3. The number of nitrogens with one attached hydrogen (secondary N) is 1. The quantitative estimate of drug-likeness (QED) is 0.659. The molecule has 0 atom stereocenters. The van der Waals surface area contributed by atoms with Gasteiger partial charge in [0.1, 0.15) is 16.0 Å². The zero-order valence-corrected chi connectivity index (χ0v) is 12.3. The maximum absolute atomic E-state index is 10.9. The number of rotatable bonds is 5. The summed E-state index contributed by atoms with van der Waals surface area (Å²) in [5.74, 6) is 0.874. The van der Waals surface area contributed by atoms with E-state index in [4.69, 9.17) is 4.74 Å². The fraction of sp³-hybridized carbons (Fsp3) is 0.154. The normalized spacial score (nSPS) is 10.1. The molecule has 6 nitrogen and oxygen atoms in total. The maximum Gasteiger partial charge on any atom is 0.287 e. The summed E-state index contributed by atoms with van der Waals surface area (Å²) in [5.41, 5.74) is 0.782. The Morgan fingerprint density at radius 2 is 2.25 bits per heavy atom. The van der Waals surface area contributed by atoms with Crippen LogP contribution in [0.5, 0.6) is 11.5 Å². The lowest BCUT2D eigenvalue weighted by Gasteiger charge is -2.09. The lowest BCUT2D eigenvalue weighted by molar-refractivity contribution is -0.385. The van der Waals surface area contributed by atoms with Crippen molar-refractivity contribution < 1.29 is 9.66 Å². The number of nitro groups is 1. The molecule has 0 spiro atoms. The Balaban J connectivity index is 2.28. The Kier molecular flexibility index (Phi) is 4.52. The molecule has 0 amide bonds. The second kappa shape index (κ2) is 6.33. The number of benzene rings is 1. The van der Waals surface area contributed by atoms with Crippen LogP contribution in [0.4, 0.5) is 11.4 Å². The Morgan fingerprint density at radius 1 is 1.45 bits per heavy atom. The lowest BCUT2D eigenvalue weighted by atomic mass is 10.3. The zero-order chi connectivity index (χ0) is 14.5. The molecule has 1 aromatic carbocycles. The number of nitro benzene ring substituents is 1. The van der Waals surface area contributed by atoms with Crippen LogP contribution in [0.1, 0.15) is 6.92 Å². The standard InChI is InChI=1S/C13H12BrN3O3/c1-2-16-9-6-10(8-15-7-9)20-12-5-3-4-11(13(12)14)17(18)19/h3-8,16H,2H2,1H3. The predicted molar refractivity (Wildman–Crippen MR) is 79.3 cm³/mol. The average Bonchev–Trinajstić information content (AvgIpc) is 2.42. The molecule has 1 N–H and O–H groups in total. The van der Waals surface area contributed by atoms with Gasteiger partial charge in [0.05, 0.1) is 23.0 Å². The maximum atomic E-state index is 10.9. The summed E-state index contributed by atoms with van der Waals surface area (Å²) in [6.45, 7) is 2.75. The van der Waals surface area contributed by atoms with E-state index in [9.17, 15) is 10.1 Å². The topological polar surface area (TPSA) is 77.3 Å². The van der Waals surface area contributed by atoms with Crippen LogP contribution in [-0.4, -0.2) is 16.5 Å². The molecule has 20 heavy (non-hydrogen) atoms. The molecule has 0 unspecified atom stereocenters. The molecule has 0 fully saturated rings. The fourth-order valence-corrected chi connectivity index (χ4v) is 2.11. The van der Waals surface area contributed by atoms with E-state index in [2.05, 4.69) is 26.2 Å². The van der Waals surface area contributed by atoms with Crippen molar-refractivity contribution in [2.45, 2.75) is 6.92 Å². The van der Waals surface area contributed by atoms with Gasteiger partial charge in [-0.05, 0) is 28.9 Å². The molecular formula is C13H12BrN3O3. The molecule has 0 bridgehead atoms. The van der Waals surface area contributed by atoms with E-state index in [1.807, 2.05) is 6.92 Å². The van der Waals surface area contributed by atoms with E-state index in [1.54, 1.807) is 30.6 Å². The van der Waals surface area contributed by atoms with Gasteiger partial charge in [0.15, 0.2) is 0 Å². The number of ether oxygens (including phenoxy) is 1. The molecule has 0 radical (unpaired) electrons. The summed E-state index contributed by atoms with van der Waals surface area (Å²) in [7, 11) is 0. The molecule has 0 saturated heterocycles. The molecule has 7 heteroatoms. The molecular weight excluding hydrogens is 326 g/mol. The van der Waals surface area contributed by atoms with Crippen LogP contribution in [0.15, 0.2) is 41.1 Å². The van der Waals surface area contributed by atoms with E-state index >= 15 is 0 Å². The summed E-state index contributed by atoms with van der Waals surface area (Å²) < 4.78 is 5.94. The van der Waals surface area contributed by atoms with Gasteiger partial charge in [0, 0.05) is 18.7 Å². The van der Waals surface area contributed by atoms with Gasteiger partial charge in [0.2, 0.25) is 0 Å². The second-order valence-corrected chi connectivity index (χ2v) is 4.68. The van der Waals surface area contributed by atoms with E-state index < -0.39 is 4.92 Å². The zero-order valence-electron chi connectivity index (χ0n) is 10.7. The van der Waals surface area contributed by atoms with Crippen LogP contribution >= 0.6 is 15.9 Å². The summed E-state index contributed by atoms with van der Waals surface area (Å²) in [6.07, 6.45) is 3.23. The van der Waals surface area contributed by atoms with Gasteiger partial charge in [-0.25, -0.2) is 0 Å². The minimum atomic E-state index is -0.468. The predicted octanol–water partition coefficient (Wildman–Crippen LogP) is 3.98. The van der Waals surface area contributed by atoms with Gasteiger partial charge in [-0.1, -0.05) is 6.07 Å². The molecule has 0 aliphatic heterocycles. The van der Waals surface area contributed by atoms with Gasteiger partial charge in [-0.15, -0.1) is 0 Å². The average molecular weight is 338 g/mol.